The van der Waals surface area contributed by atoms with Crippen LogP contribution < -0.4 is 0 Å². The normalized spacial score (nSPS) is 11.4. The van der Waals surface area contributed by atoms with Crippen molar-refractivity contribution in [1.29, 1.82) is 5.26 Å². The van der Waals surface area contributed by atoms with Crippen molar-refractivity contribution in [3.05, 3.63) is 82.4 Å². The number of furan rings is 1. The Labute approximate surface area is 153 Å². The molecule has 0 atom stereocenters. The highest BCUT2D eigenvalue weighted by atomic mass is 16.6. The Bertz CT molecular complexity index is 1190. The van der Waals surface area contributed by atoms with Gasteiger partial charge in [-0.05, 0) is 30.3 Å². The SMILES string of the molecule is N#C/C(=C\c1ccc(-c2ccccc2[N+](=O)[O-])o1)c1nc2ccccc2[nH]1. The molecule has 2 aromatic carbocycles. The molecule has 0 aliphatic heterocycles. The fourth-order valence-electron chi connectivity index (χ4n) is 2.79. The van der Waals surface area contributed by atoms with Crippen LogP contribution in [-0.4, -0.2) is 14.9 Å². The first-order valence-corrected chi connectivity index (χ1v) is 8.06. The third-order valence-corrected chi connectivity index (χ3v) is 4.04. The predicted octanol–water partition coefficient (Wildman–Crippen LogP) is 4.80. The van der Waals surface area contributed by atoms with Gasteiger partial charge in [-0.2, -0.15) is 5.26 Å². The first-order valence-electron chi connectivity index (χ1n) is 8.06. The third kappa shape index (κ3) is 3.07. The molecule has 0 aliphatic carbocycles. The highest BCUT2D eigenvalue weighted by molar-refractivity contribution is 5.89. The van der Waals surface area contributed by atoms with Crippen molar-refractivity contribution in [2.75, 3.05) is 0 Å². The molecule has 0 fully saturated rings. The summed E-state index contributed by atoms with van der Waals surface area (Å²) < 4.78 is 5.71. The predicted molar refractivity (Wildman–Crippen MR) is 100 cm³/mol. The lowest BCUT2D eigenvalue weighted by Crippen LogP contribution is -1.90. The van der Waals surface area contributed by atoms with Gasteiger partial charge in [-0.3, -0.25) is 10.1 Å². The van der Waals surface area contributed by atoms with Gasteiger partial charge in [0.25, 0.3) is 5.69 Å². The summed E-state index contributed by atoms with van der Waals surface area (Å²) in [5.74, 6) is 1.19. The van der Waals surface area contributed by atoms with Crippen LogP contribution >= 0.6 is 0 Å². The second-order valence-corrected chi connectivity index (χ2v) is 5.75. The number of rotatable bonds is 4. The Morgan fingerprint density at radius 3 is 2.70 bits per heavy atom. The minimum absolute atomic E-state index is 0.0415. The molecule has 27 heavy (non-hydrogen) atoms. The number of imidazole rings is 1. The molecule has 0 unspecified atom stereocenters. The summed E-state index contributed by atoms with van der Waals surface area (Å²) in [5.41, 5.74) is 2.22. The summed E-state index contributed by atoms with van der Waals surface area (Å²) in [7, 11) is 0. The van der Waals surface area contributed by atoms with E-state index >= 15 is 0 Å². The highest BCUT2D eigenvalue weighted by Gasteiger charge is 2.17. The molecule has 0 amide bonds. The van der Waals surface area contributed by atoms with Crippen molar-refractivity contribution in [2.24, 2.45) is 0 Å². The number of aromatic nitrogens is 2. The Balaban J connectivity index is 1.72. The summed E-state index contributed by atoms with van der Waals surface area (Å²) in [5, 5.41) is 20.7. The van der Waals surface area contributed by atoms with E-state index in [-0.39, 0.29) is 5.69 Å². The number of H-pyrrole nitrogens is 1. The maximum atomic E-state index is 11.2. The first-order chi connectivity index (χ1) is 13.2. The van der Waals surface area contributed by atoms with Gasteiger partial charge in [-0.1, -0.05) is 24.3 Å². The van der Waals surface area contributed by atoms with Crippen molar-refractivity contribution in [3.63, 3.8) is 0 Å². The number of para-hydroxylation sites is 3. The Hall–Kier alpha value is -4.18. The molecule has 4 rings (SSSR count). The van der Waals surface area contributed by atoms with Crippen LogP contribution in [0.1, 0.15) is 11.6 Å². The largest absolute Gasteiger partial charge is 0.456 e. The van der Waals surface area contributed by atoms with Crippen molar-refractivity contribution in [2.45, 2.75) is 0 Å². The summed E-state index contributed by atoms with van der Waals surface area (Å²) >= 11 is 0. The number of aromatic amines is 1. The number of hydrogen-bond donors (Lipinski definition) is 1. The molecule has 7 heteroatoms. The third-order valence-electron chi connectivity index (χ3n) is 4.04. The van der Waals surface area contributed by atoms with Gasteiger partial charge in [-0.25, -0.2) is 4.98 Å². The number of allylic oxidation sites excluding steroid dienone is 1. The molecule has 7 nitrogen and oxygen atoms in total. The van der Waals surface area contributed by atoms with Crippen LogP contribution in [0, 0.1) is 21.4 Å². The molecular formula is C20H12N4O3. The Morgan fingerprint density at radius 1 is 1.15 bits per heavy atom. The molecule has 0 saturated carbocycles. The van der Waals surface area contributed by atoms with E-state index in [2.05, 4.69) is 16.0 Å². The fraction of sp³-hybridized carbons (Fsp3) is 0. The van der Waals surface area contributed by atoms with Crippen LogP contribution in [0.2, 0.25) is 0 Å². The number of nitro groups is 1. The maximum Gasteiger partial charge on any atom is 0.280 e. The topological polar surface area (TPSA) is 109 Å². The van der Waals surface area contributed by atoms with E-state index in [1.807, 2.05) is 24.3 Å². The van der Waals surface area contributed by atoms with E-state index in [1.165, 1.54) is 6.07 Å². The van der Waals surface area contributed by atoms with Gasteiger partial charge < -0.3 is 9.40 Å². The van der Waals surface area contributed by atoms with Gasteiger partial charge in [0.2, 0.25) is 0 Å². The Morgan fingerprint density at radius 2 is 1.93 bits per heavy atom. The molecule has 0 bridgehead atoms. The number of hydrogen-bond acceptors (Lipinski definition) is 5. The van der Waals surface area contributed by atoms with E-state index in [1.54, 1.807) is 36.4 Å². The number of benzene rings is 2. The second-order valence-electron chi connectivity index (χ2n) is 5.75. The number of nitriles is 1. The summed E-state index contributed by atoms with van der Waals surface area (Å²) in [4.78, 5) is 18.2. The van der Waals surface area contributed by atoms with Gasteiger partial charge in [0.05, 0.1) is 27.1 Å². The van der Waals surface area contributed by atoms with Crippen LogP contribution in [0.15, 0.2) is 65.1 Å². The highest BCUT2D eigenvalue weighted by Crippen LogP contribution is 2.31. The van der Waals surface area contributed by atoms with E-state index in [9.17, 15) is 15.4 Å². The van der Waals surface area contributed by atoms with Crippen LogP contribution in [0.3, 0.4) is 0 Å². The monoisotopic (exact) mass is 356 g/mol. The van der Waals surface area contributed by atoms with Gasteiger partial charge in [0.1, 0.15) is 23.4 Å². The molecule has 0 aliphatic rings. The van der Waals surface area contributed by atoms with Gasteiger partial charge in [-0.15, -0.1) is 0 Å². The average Bonchev–Trinajstić information content (AvgIpc) is 3.32. The number of fused-ring (bicyclic) bond motifs is 1. The number of nitro benzene ring substituents is 1. The quantitative estimate of drug-likeness (QED) is 0.321. The lowest BCUT2D eigenvalue weighted by atomic mass is 10.1. The van der Waals surface area contributed by atoms with E-state index in [0.717, 1.165) is 11.0 Å². The van der Waals surface area contributed by atoms with E-state index < -0.39 is 4.92 Å². The molecule has 2 aromatic heterocycles. The second kappa shape index (κ2) is 6.61. The molecule has 0 saturated heterocycles. The van der Waals surface area contributed by atoms with Gasteiger partial charge >= 0.3 is 0 Å². The molecule has 1 N–H and O–H groups in total. The zero-order chi connectivity index (χ0) is 18.8. The summed E-state index contributed by atoms with van der Waals surface area (Å²) in [6, 6.07) is 19.2. The maximum absolute atomic E-state index is 11.2. The van der Waals surface area contributed by atoms with Crippen molar-refractivity contribution in [1.82, 2.24) is 9.97 Å². The molecule has 2 heterocycles. The van der Waals surface area contributed by atoms with E-state index in [4.69, 9.17) is 4.42 Å². The van der Waals surface area contributed by atoms with Crippen LogP contribution in [0.25, 0.3) is 34.0 Å². The molecule has 4 aromatic rings. The molecule has 130 valence electrons. The van der Waals surface area contributed by atoms with E-state index in [0.29, 0.717) is 28.5 Å². The standard InChI is InChI=1S/C20H12N4O3/c21-12-13(20-22-16-6-2-3-7-17(16)23-20)11-14-9-10-19(27-14)15-5-1-4-8-18(15)24(25)26/h1-11H,(H,22,23)/b13-11+. The van der Waals surface area contributed by atoms with Crippen LogP contribution in [0.5, 0.6) is 0 Å². The lowest BCUT2D eigenvalue weighted by molar-refractivity contribution is -0.384. The molecular weight excluding hydrogens is 344 g/mol. The average molecular weight is 356 g/mol. The van der Waals surface area contributed by atoms with Crippen molar-refractivity contribution >= 4 is 28.4 Å². The van der Waals surface area contributed by atoms with Crippen molar-refractivity contribution in [3.8, 4) is 17.4 Å². The zero-order valence-electron chi connectivity index (χ0n) is 13.9. The lowest BCUT2D eigenvalue weighted by Gasteiger charge is -1.98. The van der Waals surface area contributed by atoms with Crippen LogP contribution in [0.4, 0.5) is 5.69 Å². The zero-order valence-corrected chi connectivity index (χ0v) is 13.9. The van der Waals surface area contributed by atoms with Crippen molar-refractivity contribution < 1.29 is 9.34 Å². The summed E-state index contributed by atoms with van der Waals surface area (Å²) in [6.45, 7) is 0. The summed E-state index contributed by atoms with van der Waals surface area (Å²) in [6.07, 6.45) is 1.55. The smallest absolute Gasteiger partial charge is 0.280 e. The fourth-order valence-corrected chi connectivity index (χ4v) is 2.79. The minimum Gasteiger partial charge on any atom is -0.456 e. The number of nitrogens with one attached hydrogen (secondary N) is 1. The minimum atomic E-state index is -0.456. The van der Waals surface area contributed by atoms with Gasteiger partial charge in [0, 0.05) is 12.1 Å². The van der Waals surface area contributed by atoms with Crippen LogP contribution in [-0.2, 0) is 0 Å². The first kappa shape index (κ1) is 16.3. The number of nitrogens with zero attached hydrogens (tertiary/aromatic N) is 3. The van der Waals surface area contributed by atoms with Gasteiger partial charge in [0.15, 0.2) is 0 Å². The molecule has 0 spiro atoms. The Kier molecular flexibility index (Phi) is 3.99. The molecule has 0 radical (unpaired) electrons.